The van der Waals surface area contributed by atoms with E-state index in [1.807, 2.05) is 16.0 Å². The highest BCUT2D eigenvalue weighted by Gasteiger charge is 2.27. The number of carbonyl (C=O) groups is 2. The number of nitrogens with one attached hydrogen (secondary N) is 1. The van der Waals surface area contributed by atoms with E-state index in [1.54, 1.807) is 18.1 Å². The third-order valence-electron chi connectivity index (χ3n) is 3.26. The number of thiazole rings is 1. The summed E-state index contributed by atoms with van der Waals surface area (Å²) in [5.74, 6) is 0.0272. The van der Waals surface area contributed by atoms with Crippen molar-refractivity contribution in [3.63, 3.8) is 0 Å². The molecule has 3 heterocycles. The summed E-state index contributed by atoms with van der Waals surface area (Å²) in [6, 6.07) is -0.0677. The zero-order valence-electron chi connectivity index (χ0n) is 10.5. The molecule has 2 aromatic heterocycles. The molecule has 0 radical (unpaired) electrons. The number of likely N-dealkylation sites (tertiary alicyclic amines) is 1. The molecule has 1 saturated heterocycles. The van der Waals surface area contributed by atoms with E-state index in [0.717, 1.165) is 10.7 Å². The summed E-state index contributed by atoms with van der Waals surface area (Å²) in [6.45, 7) is 0.592. The number of fused-ring (bicyclic) bond motifs is 1. The Hall–Kier alpha value is -1.89. The molecule has 0 saturated carbocycles. The second-order valence-corrected chi connectivity index (χ2v) is 5.56. The molecule has 2 amide bonds. The van der Waals surface area contributed by atoms with Gasteiger partial charge in [-0.25, -0.2) is 4.98 Å². The second kappa shape index (κ2) is 4.65. The Balaban J connectivity index is 1.63. The maximum absolute atomic E-state index is 12.0. The molecule has 0 aromatic carbocycles. The van der Waals surface area contributed by atoms with Gasteiger partial charge in [0, 0.05) is 43.5 Å². The van der Waals surface area contributed by atoms with Crippen LogP contribution in [-0.2, 0) is 16.0 Å². The molecule has 19 heavy (non-hydrogen) atoms. The van der Waals surface area contributed by atoms with Crippen LogP contribution in [0.3, 0.4) is 0 Å². The minimum absolute atomic E-state index is 0.0542. The highest BCUT2D eigenvalue weighted by atomic mass is 32.1. The summed E-state index contributed by atoms with van der Waals surface area (Å²) < 4.78 is 1.91. The minimum Gasteiger partial charge on any atom is -0.351 e. The lowest BCUT2D eigenvalue weighted by molar-refractivity contribution is -0.126. The molecule has 1 fully saturated rings. The minimum atomic E-state index is -0.0677. The second-order valence-electron chi connectivity index (χ2n) is 4.73. The van der Waals surface area contributed by atoms with Crippen LogP contribution >= 0.6 is 11.3 Å². The third-order valence-corrected chi connectivity index (χ3v) is 4.17. The van der Waals surface area contributed by atoms with Gasteiger partial charge in [-0.1, -0.05) is 0 Å². The lowest BCUT2D eigenvalue weighted by Gasteiger charge is -2.12. The topological polar surface area (TPSA) is 66.7 Å². The maximum Gasteiger partial charge on any atom is 0.226 e. The molecule has 3 rings (SSSR count). The van der Waals surface area contributed by atoms with Crippen LogP contribution in [0.2, 0.25) is 0 Å². The lowest BCUT2D eigenvalue weighted by Crippen LogP contribution is -2.37. The number of likely N-dealkylation sites (N-methyl/N-ethyl adjacent to an activating group) is 1. The van der Waals surface area contributed by atoms with Gasteiger partial charge >= 0.3 is 0 Å². The van der Waals surface area contributed by atoms with E-state index in [-0.39, 0.29) is 17.9 Å². The Morgan fingerprint density at radius 2 is 2.47 bits per heavy atom. The fourth-order valence-corrected chi connectivity index (χ4v) is 3.16. The van der Waals surface area contributed by atoms with Crippen molar-refractivity contribution in [1.29, 1.82) is 0 Å². The third kappa shape index (κ3) is 2.33. The average Bonchev–Trinajstić information content (AvgIpc) is 2.99. The number of imidazole rings is 1. The van der Waals surface area contributed by atoms with Crippen molar-refractivity contribution in [1.82, 2.24) is 19.6 Å². The van der Waals surface area contributed by atoms with Gasteiger partial charge in [-0.15, -0.1) is 11.3 Å². The summed E-state index contributed by atoms with van der Waals surface area (Å²) >= 11 is 1.52. The van der Waals surface area contributed by atoms with Crippen LogP contribution in [0.5, 0.6) is 0 Å². The molecule has 1 aliphatic heterocycles. The van der Waals surface area contributed by atoms with Gasteiger partial charge in [0.25, 0.3) is 0 Å². The van der Waals surface area contributed by atoms with Gasteiger partial charge < -0.3 is 10.2 Å². The molecular weight excluding hydrogens is 264 g/mol. The first-order valence-electron chi connectivity index (χ1n) is 6.06. The predicted octanol–water partition coefficient (Wildman–Crippen LogP) is 0.285. The zero-order chi connectivity index (χ0) is 13.4. The zero-order valence-corrected chi connectivity index (χ0v) is 11.3. The quantitative estimate of drug-likeness (QED) is 0.877. The number of rotatable bonds is 3. The molecule has 0 spiro atoms. The van der Waals surface area contributed by atoms with Gasteiger partial charge in [-0.05, 0) is 0 Å². The normalized spacial score (nSPS) is 19.3. The lowest BCUT2D eigenvalue weighted by atomic mass is 10.2. The van der Waals surface area contributed by atoms with Crippen LogP contribution in [0.25, 0.3) is 4.96 Å². The van der Waals surface area contributed by atoms with Crippen LogP contribution in [0.4, 0.5) is 0 Å². The summed E-state index contributed by atoms with van der Waals surface area (Å²) in [5.41, 5.74) is 0.924. The van der Waals surface area contributed by atoms with Crippen molar-refractivity contribution < 1.29 is 9.59 Å². The molecule has 1 unspecified atom stereocenters. The van der Waals surface area contributed by atoms with E-state index >= 15 is 0 Å². The van der Waals surface area contributed by atoms with Crippen molar-refractivity contribution in [2.75, 3.05) is 13.6 Å². The standard InChI is InChI=1S/C12H14N4O2S/c1-15-6-8(4-11(15)18)14-10(17)5-9-7-19-12-13-2-3-16(9)12/h2-3,7-8H,4-6H2,1H3,(H,14,17). The average molecular weight is 278 g/mol. The molecule has 2 aromatic rings. The van der Waals surface area contributed by atoms with Crippen LogP contribution in [-0.4, -0.2) is 45.7 Å². The first-order valence-corrected chi connectivity index (χ1v) is 6.94. The van der Waals surface area contributed by atoms with Crippen molar-refractivity contribution in [2.24, 2.45) is 0 Å². The number of hydrogen-bond donors (Lipinski definition) is 1. The van der Waals surface area contributed by atoms with E-state index in [9.17, 15) is 9.59 Å². The molecule has 100 valence electrons. The van der Waals surface area contributed by atoms with E-state index in [1.165, 1.54) is 11.3 Å². The number of amides is 2. The van der Waals surface area contributed by atoms with E-state index in [0.29, 0.717) is 19.4 Å². The largest absolute Gasteiger partial charge is 0.351 e. The van der Waals surface area contributed by atoms with Gasteiger partial charge in [0.2, 0.25) is 11.8 Å². The smallest absolute Gasteiger partial charge is 0.226 e. The molecule has 6 nitrogen and oxygen atoms in total. The molecular formula is C12H14N4O2S. The Labute approximate surface area is 114 Å². The van der Waals surface area contributed by atoms with Crippen molar-refractivity contribution in [2.45, 2.75) is 18.9 Å². The fraction of sp³-hybridized carbons (Fsp3) is 0.417. The van der Waals surface area contributed by atoms with Gasteiger partial charge in [-0.2, -0.15) is 0 Å². The fourth-order valence-electron chi connectivity index (χ4n) is 2.30. The summed E-state index contributed by atoms with van der Waals surface area (Å²) in [4.78, 5) is 30.1. The van der Waals surface area contributed by atoms with Gasteiger partial charge in [0.15, 0.2) is 4.96 Å². The van der Waals surface area contributed by atoms with Crippen molar-refractivity contribution in [3.05, 3.63) is 23.5 Å². The molecule has 1 atom stereocenters. The van der Waals surface area contributed by atoms with Crippen molar-refractivity contribution in [3.8, 4) is 0 Å². The number of hydrogen-bond acceptors (Lipinski definition) is 4. The molecule has 0 bridgehead atoms. The van der Waals surface area contributed by atoms with Gasteiger partial charge in [0.05, 0.1) is 12.5 Å². The summed E-state index contributed by atoms with van der Waals surface area (Å²) in [6.07, 6.45) is 4.27. The number of carbonyl (C=O) groups excluding carboxylic acids is 2. The van der Waals surface area contributed by atoms with Crippen LogP contribution in [0.15, 0.2) is 17.8 Å². The first kappa shape index (κ1) is 12.2. The van der Waals surface area contributed by atoms with Crippen LogP contribution in [0, 0.1) is 0 Å². The predicted molar refractivity (Wildman–Crippen MR) is 71.0 cm³/mol. The SMILES string of the molecule is CN1CC(NC(=O)Cc2csc3nccn23)CC1=O. The molecule has 1 N–H and O–H groups in total. The Morgan fingerprint density at radius 3 is 3.21 bits per heavy atom. The van der Waals surface area contributed by atoms with Crippen molar-refractivity contribution >= 4 is 28.1 Å². The number of aromatic nitrogens is 2. The highest BCUT2D eigenvalue weighted by Crippen LogP contribution is 2.15. The molecule has 7 heteroatoms. The van der Waals surface area contributed by atoms with Crippen LogP contribution < -0.4 is 5.32 Å². The molecule has 1 aliphatic rings. The monoisotopic (exact) mass is 278 g/mol. The van der Waals surface area contributed by atoms with E-state index in [4.69, 9.17) is 0 Å². The summed E-state index contributed by atoms with van der Waals surface area (Å²) in [7, 11) is 1.75. The van der Waals surface area contributed by atoms with E-state index < -0.39 is 0 Å². The van der Waals surface area contributed by atoms with Gasteiger partial charge in [-0.3, -0.25) is 14.0 Å². The van der Waals surface area contributed by atoms with Gasteiger partial charge in [0.1, 0.15) is 0 Å². The first-order chi connectivity index (χ1) is 9.13. The highest BCUT2D eigenvalue weighted by molar-refractivity contribution is 7.15. The van der Waals surface area contributed by atoms with E-state index in [2.05, 4.69) is 10.3 Å². The number of nitrogens with zero attached hydrogens (tertiary/aromatic N) is 3. The maximum atomic E-state index is 12.0. The van der Waals surface area contributed by atoms with Crippen LogP contribution in [0.1, 0.15) is 12.1 Å². The Bertz CT molecular complexity index is 632. The Morgan fingerprint density at radius 1 is 1.63 bits per heavy atom. The summed E-state index contributed by atoms with van der Waals surface area (Å²) in [5, 5.41) is 4.84. The molecule has 0 aliphatic carbocycles. The Kier molecular flexibility index (Phi) is 2.98.